The third kappa shape index (κ3) is 5.18. The van der Waals surface area contributed by atoms with E-state index in [2.05, 4.69) is 229 Å². The highest BCUT2D eigenvalue weighted by molar-refractivity contribution is 6.18. The van der Waals surface area contributed by atoms with Gasteiger partial charge in [0.1, 0.15) is 11.2 Å². The maximum absolute atomic E-state index is 6.55. The molecule has 9 aromatic carbocycles. The van der Waals surface area contributed by atoms with E-state index in [9.17, 15) is 0 Å². The van der Waals surface area contributed by atoms with Crippen molar-refractivity contribution >= 4 is 39.0 Å². The molecular formula is C55H37NO. The van der Waals surface area contributed by atoms with Crippen molar-refractivity contribution in [3.05, 3.63) is 247 Å². The zero-order valence-electron chi connectivity index (χ0n) is 31.2. The normalized spacial score (nSPS) is 12.7. The van der Waals surface area contributed by atoms with E-state index < -0.39 is 5.41 Å². The van der Waals surface area contributed by atoms with Gasteiger partial charge in [-0.25, -0.2) is 0 Å². The lowest BCUT2D eigenvalue weighted by Gasteiger charge is -2.34. The Morgan fingerprint density at radius 2 is 0.789 bits per heavy atom. The molecule has 2 nitrogen and oxygen atoms in total. The average Bonchev–Trinajstić information content (AvgIpc) is 3.83. The highest BCUT2D eigenvalue weighted by Crippen LogP contribution is 2.56. The quantitative estimate of drug-likeness (QED) is 0.163. The summed E-state index contributed by atoms with van der Waals surface area (Å²) in [6.45, 7) is 0. The monoisotopic (exact) mass is 727 g/mol. The lowest BCUT2D eigenvalue weighted by molar-refractivity contribution is 0.669. The van der Waals surface area contributed by atoms with Crippen LogP contribution in [0.2, 0.25) is 0 Å². The van der Waals surface area contributed by atoms with Crippen molar-refractivity contribution in [3.63, 3.8) is 0 Å². The SMILES string of the molecule is c1ccc(-c2cccc3oc4cccc(N(c5ccccc5)c5ccc(-c6ccc(C7(c8ccccc8)c8ccccc8-c8ccccc87)cc6)cc5)c4c23)cc1. The lowest BCUT2D eigenvalue weighted by Crippen LogP contribution is -2.28. The van der Waals surface area contributed by atoms with E-state index in [4.69, 9.17) is 4.42 Å². The standard InChI is InChI=1S/C55H37NO/c1-4-16-40(17-5-1)45-24-14-28-51-53(45)54-50(27-15-29-52(54)57-51)56(43-20-8-3-9-21-43)44-36-32-39(33-37-44)38-30-34-42(35-31-38)55(41-18-6-2-7-19-41)48-25-12-10-22-46(48)47-23-11-13-26-49(47)55/h1-37H. The van der Waals surface area contributed by atoms with Crippen LogP contribution < -0.4 is 4.90 Å². The lowest BCUT2D eigenvalue weighted by atomic mass is 9.67. The van der Waals surface area contributed by atoms with Crippen LogP contribution in [0.25, 0.3) is 55.3 Å². The summed E-state index contributed by atoms with van der Waals surface area (Å²) in [5.74, 6) is 0. The molecule has 0 radical (unpaired) electrons. The molecule has 0 amide bonds. The van der Waals surface area contributed by atoms with Gasteiger partial charge in [0.2, 0.25) is 0 Å². The third-order valence-electron chi connectivity index (χ3n) is 11.8. The number of fused-ring (bicyclic) bond motifs is 6. The van der Waals surface area contributed by atoms with Crippen LogP contribution in [0.1, 0.15) is 22.3 Å². The Hall–Kier alpha value is -7.42. The highest BCUT2D eigenvalue weighted by atomic mass is 16.3. The molecule has 0 fully saturated rings. The van der Waals surface area contributed by atoms with Gasteiger partial charge in [-0.1, -0.05) is 182 Å². The van der Waals surface area contributed by atoms with Gasteiger partial charge in [-0.3, -0.25) is 0 Å². The Morgan fingerprint density at radius 1 is 0.316 bits per heavy atom. The van der Waals surface area contributed by atoms with Crippen LogP contribution in [0.5, 0.6) is 0 Å². The Morgan fingerprint density at radius 3 is 1.44 bits per heavy atom. The van der Waals surface area contributed by atoms with Crippen molar-refractivity contribution in [1.29, 1.82) is 0 Å². The minimum absolute atomic E-state index is 0.411. The summed E-state index contributed by atoms with van der Waals surface area (Å²) in [5.41, 5.74) is 17.0. The van der Waals surface area contributed by atoms with Crippen molar-refractivity contribution in [2.45, 2.75) is 5.41 Å². The largest absolute Gasteiger partial charge is 0.456 e. The molecule has 0 atom stereocenters. The summed E-state index contributed by atoms with van der Waals surface area (Å²) in [6, 6.07) is 81.0. The fraction of sp³-hybridized carbons (Fsp3) is 0.0182. The first kappa shape index (κ1) is 33.0. The van der Waals surface area contributed by atoms with E-state index in [1.54, 1.807) is 0 Å². The second-order valence-electron chi connectivity index (χ2n) is 14.8. The molecule has 10 aromatic rings. The third-order valence-corrected chi connectivity index (χ3v) is 11.8. The van der Waals surface area contributed by atoms with Crippen LogP contribution in [0.15, 0.2) is 229 Å². The predicted octanol–water partition coefficient (Wildman–Crippen LogP) is 14.8. The van der Waals surface area contributed by atoms with Gasteiger partial charge in [-0.15, -0.1) is 0 Å². The Bertz CT molecular complexity index is 2990. The number of para-hydroxylation sites is 1. The molecule has 268 valence electrons. The second kappa shape index (κ2) is 13.4. The van der Waals surface area contributed by atoms with Gasteiger partial charge >= 0.3 is 0 Å². The number of hydrogen-bond donors (Lipinski definition) is 0. The molecule has 1 aromatic heterocycles. The van der Waals surface area contributed by atoms with Crippen LogP contribution in [-0.4, -0.2) is 0 Å². The molecule has 0 unspecified atom stereocenters. The summed E-state index contributed by atoms with van der Waals surface area (Å²) < 4.78 is 6.55. The molecule has 1 heterocycles. The van der Waals surface area contributed by atoms with E-state index in [0.29, 0.717) is 0 Å². The molecule has 1 aliphatic carbocycles. The van der Waals surface area contributed by atoms with Crippen LogP contribution in [0.4, 0.5) is 17.1 Å². The number of furan rings is 1. The molecule has 0 N–H and O–H groups in total. The van der Waals surface area contributed by atoms with Crippen LogP contribution in [0, 0.1) is 0 Å². The summed E-state index contributed by atoms with van der Waals surface area (Å²) in [5, 5.41) is 2.21. The summed E-state index contributed by atoms with van der Waals surface area (Å²) in [4.78, 5) is 2.35. The molecule has 1 aliphatic rings. The maximum atomic E-state index is 6.55. The predicted molar refractivity (Wildman–Crippen MR) is 237 cm³/mol. The Labute approximate surface area is 332 Å². The van der Waals surface area contributed by atoms with E-state index in [0.717, 1.165) is 50.1 Å². The molecule has 57 heavy (non-hydrogen) atoms. The molecule has 0 saturated carbocycles. The van der Waals surface area contributed by atoms with Crippen LogP contribution in [0.3, 0.4) is 0 Å². The van der Waals surface area contributed by atoms with Gasteiger partial charge < -0.3 is 9.32 Å². The first-order chi connectivity index (χ1) is 28.3. The Balaban J connectivity index is 1.02. The minimum atomic E-state index is -0.411. The number of hydrogen-bond acceptors (Lipinski definition) is 2. The second-order valence-corrected chi connectivity index (χ2v) is 14.8. The van der Waals surface area contributed by atoms with Crippen molar-refractivity contribution in [2.75, 3.05) is 4.90 Å². The van der Waals surface area contributed by atoms with Gasteiger partial charge in [0.15, 0.2) is 0 Å². The van der Waals surface area contributed by atoms with Crippen molar-refractivity contribution in [1.82, 2.24) is 0 Å². The van der Waals surface area contributed by atoms with E-state index in [-0.39, 0.29) is 0 Å². The van der Waals surface area contributed by atoms with Crippen molar-refractivity contribution < 1.29 is 4.42 Å². The van der Waals surface area contributed by atoms with E-state index in [1.165, 1.54) is 44.5 Å². The molecule has 0 bridgehead atoms. The van der Waals surface area contributed by atoms with Gasteiger partial charge in [0.05, 0.1) is 16.5 Å². The summed E-state index contributed by atoms with van der Waals surface area (Å²) >= 11 is 0. The molecule has 11 rings (SSSR count). The molecule has 2 heteroatoms. The number of benzene rings is 9. The zero-order valence-corrected chi connectivity index (χ0v) is 31.2. The fourth-order valence-electron chi connectivity index (χ4n) is 9.32. The summed E-state index contributed by atoms with van der Waals surface area (Å²) in [6.07, 6.45) is 0. The van der Waals surface area contributed by atoms with Crippen molar-refractivity contribution in [2.24, 2.45) is 0 Å². The highest BCUT2D eigenvalue weighted by Gasteiger charge is 2.45. The molecule has 0 aliphatic heterocycles. The van der Waals surface area contributed by atoms with Crippen molar-refractivity contribution in [3.8, 4) is 33.4 Å². The fourth-order valence-corrected chi connectivity index (χ4v) is 9.32. The first-order valence-electron chi connectivity index (χ1n) is 19.6. The number of rotatable bonds is 7. The zero-order chi connectivity index (χ0) is 37.8. The first-order valence-corrected chi connectivity index (χ1v) is 19.6. The molecule has 0 spiro atoms. The van der Waals surface area contributed by atoms with E-state index in [1.807, 2.05) is 0 Å². The van der Waals surface area contributed by atoms with Crippen LogP contribution >= 0.6 is 0 Å². The van der Waals surface area contributed by atoms with E-state index >= 15 is 0 Å². The molecule has 0 saturated heterocycles. The van der Waals surface area contributed by atoms with Gasteiger partial charge in [0, 0.05) is 16.8 Å². The van der Waals surface area contributed by atoms with Gasteiger partial charge in [0.25, 0.3) is 0 Å². The molecular weight excluding hydrogens is 691 g/mol. The summed E-state index contributed by atoms with van der Waals surface area (Å²) in [7, 11) is 0. The minimum Gasteiger partial charge on any atom is -0.456 e. The van der Waals surface area contributed by atoms with Crippen LogP contribution in [-0.2, 0) is 5.41 Å². The number of anilines is 3. The number of nitrogens with zero attached hydrogens (tertiary/aromatic N) is 1. The van der Waals surface area contributed by atoms with Gasteiger partial charge in [-0.05, 0) is 98.1 Å². The maximum Gasteiger partial charge on any atom is 0.137 e. The Kier molecular flexibility index (Phi) is 7.75. The smallest absolute Gasteiger partial charge is 0.137 e. The average molecular weight is 728 g/mol. The topological polar surface area (TPSA) is 16.4 Å². The van der Waals surface area contributed by atoms with Gasteiger partial charge in [-0.2, -0.15) is 0 Å².